The number of rotatable bonds is 1. The number of pyridine rings is 1. The van der Waals surface area contributed by atoms with E-state index in [0.29, 0.717) is 6.61 Å². The molecule has 0 aliphatic rings. The topological polar surface area (TPSA) is 39.2 Å². The summed E-state index contributed by atoms with van der Waals surface area (Å²) in [5.74, 6) is -0.211. The lowest BCUT2D eigenvalue weighted by molar-refractivity contribution is -0.140. The molecule has 0 N–H and O–H groups in total. The predicted molar refractivity (Wildman–Crippen MR) is 68.8 cm³/mol. The van der Waals surface area contributed by atoms with Crippen LogP contribution in [0.2, 0.25) is 0 Å². The number of carbonyl (C=O) groups excluding carboxylic acids is 1. The van der Waals surface area contributed by atoms with Gasteiger partial charge in [-0.1, -0.05) is 23.8 Å². The van der Waals surface area contributed by atoms with Crippen LogP contribution in [-0.4, -0.2) is 17.6 Å². The van der Waals surface area contributed by atoms with Crippen molar-refractivity contribution < 1.29 is 9.53 Å². The number of esters is 1. The Labute approximate surface area is 101 Å². The molecule has 0 unspecified atom stereocenters. The lowest BCUT2D eigenvalue weighted by Gasteiger charge is -1.96. The Morgan fingerprint density at radius 3 is 2.65 bits per heavy atom. The molecular formula is C14H17NO2. The molecule has 1 heterocycles. The number of aryl methyl sites for hydroxylation is 1. The number of ether oxygens (including phenoxy) is 1. The van der Waals surface area contributed by atoms with Crippen LogP contribution in [0.5, 0.6) is 0 Å². The zero-order valence-electron chi connectivity index (χ0n) is 10.4. The van der Waals surface area contributed by atoms with Crippen LogP contribution >= 0.6 is 0 Å². The van der Waals surface area contributed by atoms with Gasteiger partial charge in [0, 0.05) is 24.7 Å². The molecule has 0 amide bonds. The van der Waals surface area contributed by atoms with Crippen LogP contribution < -0.4 is 0 Å². The van der Waals surface area contributed by atoms with Crippen LogP contribution in [0.1, 0.15) is 19.4 Å². The lowest BCUT2D eigenvalue weighted by Crippen LogP contribution is -1.95. The Bertz CT molecular complexity index is 494. The van der Waals surface area contributed by atoms with Crippen molar-refractivity contribution in [2.75, 3.05) is 6.61 Å². The van der Waals surface area contributed by atoms with Gasteiger partial charge in [0.25, 0.3) is 0 Å². The first-order valence-electron chi connectivity index (χ1n) is 5.57. The summed E-state index contributed by atoms with van der Waals surface area (Å²) in [7, 11) is 0. The van der Waals surface area contributed by atoms with E-state index in [4.69, 9.17) is 0 Å². The average molecular weight is 231 g/mol. The molecule has 0 saturated carbocycles. The molecule has 0 fully saturated rings. The maximum absolute atomic E-state index is 9.82. The summed E-state index contributed by atoms with van der Waals surface area (Å²) in [6.45, 7) is 5.75. The van der Waals surface area contributed by atoms with E-state index < -0.39 is 0 Å². The van der Waals surface area contributed by atoms with Gasteiger partial charge in [-0.25, -0.2) is 0 Å². The van der Waals surface area contributed by atoms with E-state index in [1.54, 1.807) is 6.92 Å². The maximum atomic E-state index is 9.82. The second kappa shape index (κ2) is 6.63. The van der Waals surface area contributed by atoms with E-state index in [9.17, 15) is 4.79 Å². The van der Waals surface area contributed by atoms with E-state index in [2.05, 4.69) is 34.8 Å². The summed E-state index contributed by atoms with van der Waals surface area (Å²) in [4.78, 5) is 13.9. The minimum absolute atomic E-state index is 0.211. The fourth-order valence-electron chi connectivity index (χ4n) is 1.41. The van der Waals surface area contributed by atoms with Gasteiger partial charge >= 0.3 is 5.97 Å². The van der Waals surface area contributed by atoms with Crippen LogP contribution in [0.4, 0.5) is 0 Å². The Morgan fingerprint density at radius 1 is 1.29 bits per heavy atom. The van der Waals surface area contributed by atoms with Gasteiger partial charge in [-0.15, -0.1) is 0 Å². The highest BCUT2D eigenvalue weighted by molar-refractivity contribution is 5.81. The highest BCUT2D eigenvalue weighted by atomic mass is 16.5. The van der Waals surface area contributed by atoms with Crippen molar-refractivity contribution in [3.8, 4) is 0 Å². The van der Waals surface area contributed by atoms with Gasteiger partial charge < -0.3 is 4.74 Å². The first-order valence-corrected chi connectivity index (χ1v) is 5.57. The molecule has 0 atom stereocenters. The molecule has 3 nitrogen and oxygen atoms in total. The zero-order chi connectivity index (χ0) is 12.7. The van der Waals surface area contributed by atoms with Gasteiger partial charge in [-0.05, 0) is 25.3 Å². The van der Waals surface area contributed by atoms with Crippen LogP contribution in [-0.2, 0) is 9.53 Å². The predicted octanol–water partition coefficient (Wildman–Crippen LogP) is 3.11. The molecule has 0 radical (unpaired) electrons. The minimum Gasteiger partial charge on any atom is -0.466 e. The fraction of sp³-hybridized carbons (Fsp3) is 0.286. The molecular weight excluding hydrogens is 214 g/mol. The smallest absolute Gasteiger partial charge is 0.302 e. The Kier molecular flexibility index (Phi) is 5.14. The van der Waals surface area contributed by atoms with Crippen molar-refractivity contribution >= 4 is 16.7 Å². The molecule has 1 aromatic carbocycles. The molecule has 0 aliphatic carbocycles. The largest absolute Gasteiger partial charge is 0.466 e. The van der Waals surface area contributed by atoms with E-state index in [1.165, 1.54) is 23.3 Å². The number of hydrogen-bond acceptors (Lipinski definition) is 3. The summed E-state index contributed by atoms with van der Waals surface area (Å²) < 4.78 is 4.40. The third kappa shape index (κ3) is 4.64. The van der Waals surface area contributed by atoms with E-state index in [-0.39, 0.29) is 5.97 Å². The lowest BCUT2D eigenvalue weighted by atomic mass is 10.1. The molecule has 1 aromatic heterocycles. The van der Waals surface area contributed by atoms with Crippen molar-refractivity contribution in [3.63, 3.8) is 0 Å². The zero-order valence-corrected chi connectivity index (χ0v) is 10.4. The van der Waals surface area contributed by atoms with Crippen LogP contribution in [0, 0.1) is 6.92 Å². The Balaban J connectivity index is 0.000000209. The summed E-state index contributed by atoms with van der Waals surface area (Å²) in [5, 5.41) is 2.47. The third-order valence-corrected chi connectivity index (χ3v) is 2.14. The van der Waals surface area contributed by atoms with Crippen molar-refractivity contribution in [1.82, 2.24) is 4.98 Å². The van der Waals surface area contributed by atoms with Gasteiger partial charge in [0.2, 0.25) is 0 Å². The Hall–Kier alpha value is -1.90. The molecule has 0 aliphatic heterocycles. The van der Waals surface area contributed by atoms with Crippen LogP contribution in [0.15, 0.2) is 36.7 Å². The standard InChI is InChI=1S/C10H9N.C4H8O2/c1-8-2-3-10-7-11-5-4-9(10)6-8;1-3-6-4(2)5/h2-7H,1H3;3H2,1-2H3. The first kappa shape index (κ1) is 13.2. The second-order valence-corrected chi connectivity index (χ2v) is 3.65. The summed E-state index contributed by atoms with van der Waals surface area (Å²) in [6, 6.07) is 8.39. The van der Waals surface area contributed by atoms with Crippen molar-refractivity contribution in [2.45, 2.75) is 20.8 Å². The molecule has 2 rings (SSSR count). The van der Waals surface area contributed by atoms with Crippen molar-refractivity contribution in [3.05, 3.63) is 42.2 Å². The van der Waals surface area contributed by atoms with Crippen LogP contribution in [0.25, 0.3) is 10.8 Å². The van der Waals surface area contributed by atoms with Gasteiger partial charge in [-0.3, -0.25) is 9.78 Å². The number of aromatic nitrogens is 1. The average Bonchev–Trinajstić information content (AvgIpc) is 2.29. The van der Waals surface area contributed by atoms with Crippen LogP contribution in [0.3, 0.4) is 0 Å². The van der Waals surface area contributed by atoms with Gasteiger partial charge in [0.05, 0.1) is 6.61 Å². The number of hydrogen-bond donors (Lipinski definition) is 0. The molecule has 0 bridgehead atoms. The number of nitrogens with zero attached hydrogens (tertiary/aromatic N) is 1. The molecule has 0 spiro atoms. The molecule has 17 heavy (non-hydrogen) atoms. The summed E-state index contributed by atoms with van der Waals surface area (Å²) in [5.41, 5.74) is 1.30. The third-order valence-electron chi connectivity index (χ3n) is 2.14. The van der Waals surface area contributed by atoms with Gasteiger partial charge in [0.15, 0.2) is 0 Å². The number of benzene rings is 1. The minimum atomic E-state index is -0.211. The second-order valence-electron chi connectivity index (χ2n) is 3.65. The fourth-order valence-corrected chi connectivity index (χ4v) is 1.41. The molecule has 0 saturated heterocycles. The summed E-state index contributed by atoms with van der Waals surface area (Å²) >= 11 is 0. The molecule has 2 aromatic rings. The highest BCUT2D eigenvalue weighted by Gasteiger charge is 1.90. The monoisotopic (exact) mass is 231 g/mol. The summed E-state index contributed by atoms with van der Waals surface area (Å²) in [6.07, 6.45) is 3.70. The van der Waals surface area contributed by atoms with E-state index >= 15 is 0 Å². The van der Waals surface area contributed by atoms with E-state index in [1.807, 2.05) is 18.5 Å². The van der Waals surface area contributed by atoms with E-state index in [0.717, 1.165) is 0 Å². The first-order chi connectivity index (χ1) is 8.13. The van der Waals surface area contributed by atoms with Gasteiger partial charge in [-0.2, -0.15) is 0 Å². The highest BCUT2D eigenvalue weighted by Crippen LogP contribution is 2.12. The normalized spacial score (nSPS) is 9.35. The maximum Gasteiger partial charge on any atom is 0.302 e. The SMILES string of the molecule is CCOC(C)=O.Cc1ccc2cnccc2c1. The molecule has 3 heteroatoms. The Morgan fingerprint density at radius 2 is 2.06 bits per heavy atom. The van der Waals surface area contributed by atoms with Crippen molar-refractivity contribution in [2.24, 2.45) is 0 Å². The molecule has 90 valence electrons. The number of fused-ring (bicyclic) bond motifs is 1. The van der Waals surface area contributed by atoms with Crippen molar-refractivity contribution in [1.29, 1.82) is 0 Å². The number of carbonyl (C=O) groups is 1. The quantitative estimate of drug-likeness (QED) is 0.708. The van der Waals surface area contributed by atoms with Gasteiger partial charge in [0.1, 0.15) is 0 Å².